The van der Waals surface area contributed by atoms with Gasteiger partial charge in [0.25, 0.3) is 0 Å². The van der Waals surface area contributed by atoms with Gasteiger partial charge in [0.15, 0.2) is 0 Å². The van der Waals surface area contributed by atoms with Gasteiger partial charge in [-0.2, -0.15) is 0 Å². The van der Waals surface area contributed by atoms with Gasteiger partial charge in [0.2, 0.25) is 0 Å². The van der Waals surface area contributed by atoms with Crippen molar-refractivity contribution < 1.29 is 14.6 Å². The molecule has 1 aliphatic heterocycles. The molecule has 21 heavy (non-hydrogen) atoms. The summed E-state index contributed by atoms with van der Waals surface area (Å²) in [7, 11) is 1.68. The third kappa shape index (κ3) is 3.74. The van der Waals surface area contributed by atoms with Crippen LogP contribution in [0.1, 0.15) is 24.9 Å². The lowest BCUT2D eigenvalue weighted by Crippen LogP contribution is -2.50. The molecule has 1 saturated heterocycles. The van der Waals surface area contributed by atoms with Gasteiger partial charge in [-0.15, -0.1) is 0 Å². The molecule has 2 rings (SSSR count). The predicted octanol–water partition coefficient (Wildman–Crippen LogP) is 1.17. The fraction of sp³-hybridized carbons (Fsp3) is 0.625. The van der Waals surface area contributed by atoms with E-state index in [1.165, 1.54) is 0 Å². The Hall–Kier alpha value is -1.14. The Morgan fingerprint density at radius 3 is 2.90 bits per heavy atom. The van der Waals surface area contributed by atoms with Crippen molar-refractivity contribution in [2.45, 2.75) is 31.5 Å². The summed E-state index contributed by atoms with van der Waals surface area (Å²) < 4.78 is 11.1. The molecule has 3 unspecified atom stereocenters. The summed E-state index contributed by atoms with van der Waals surface area (Å²) in [5.41, 5.74) is 7.49. The maximum Gasteiger partial charge on any atom is 0.123 e. The summed E-state index contributed by atoms with van der Waals surface area (Å²) in [5, 5.41) is 9.35. The molecule has 5 heteroatoms. The molecule has 1 aromatic carbocycles. The highest BCUT2D eigenvalue weighted by atomic mass is 16.5. The van der Waals surface area contributed by atoms with Crippen LogP contribution in [0.15, 0.2) is 24.3 Å². The molecule has 0 aromatic heterocycles. The number of hydrogen-bond donors (Lipinski definition) is 2. The van der Waals surface area contributed by atoms with Gasteiger partial charge < -0.3 is 20.3 Å². The molecule has 5 nitrogen and oxygen atoms in total. The van der Waals surface area contributed by atoms with Crippen molar-refractivity contribution in [3.05, 3.63) is 29.8 Å². The summed E-state index contributed by atoms with van der Waals surface area (Å²) >= 11 is 0. The average molecular weight is 294 g/mol. The van der Waals surface area contributed by atoms with E-state index >= 15 is 0 Å². The topological polar surface area (TPSA) is 68.0 Å². The molecule has 1 heterocycles. The molecule has 0 amide bonds. The molecule has 0 radical (unpaired) electrons. The lowest BCUT2D eigenvalue weighted by molar-refractivity contribution is -0.0684. The first-order valence-electron chi connectivity index (χ1n) is 7.56. The average Bonchev–Trinajstić information content (AvgIpc) is 2.55. The van der Waals surface area contributed by atoms with E-state index in [0.717, 1.165) is 24.3 Å². The number of methoxy groups -OCH3 is 1. The molecule has 0 aliphatic carbocycles. The molecule has 3 N–H and O–H groups in total. The van der Waals surface area contributed by atoms with Crippen LogP contribution in [-0.4, -0.2) is 55.6 Å². The highest BCUT2D eigenvalue weighted by Gasteiger charge is 2.32. The summed E-state index contributed by atoms with van der Waals surface area (Å²) in [6.07, 6.45) is 0.740. The molecule has 0 bridgehead atoms. The number of nitrogens with two attached hydrogens (primary N) is 1. The fourth-order valence-electron chi connectivity index (χ4n) is 2.94. The molecular formula is C16H26N2O3. The summed E-state index contributed by atoms with van der Waals surface area (Å²) in [5.74, 6) is 0.860. The number of nitrogens with zero attached hydrogens (tertiary/aromatic N) is 1. The number of hydrogen-bond acceptors (Lipinski definition) is 5. The van der Waals surface area contributed by atoms with Crippen LogP contribution in [0.5, 0.6) is 5.75 Å². The van der Waals surface area contributed by atoms with E-state index in [1.54, 1.807) is 7.11 Å². The molecule has 1 fully saturated rings. The quantitative estimate of drug-likeness (QED) is 0.824. The minimum Gasteiger partial charge on any atom is -0.496 e. The van der Waals surface area contributed by atoms with Crippen LogP contribution < -0.4 is 10.5 Å². The highest BCUT2D eigenvalue weighted by Crippen LogP contribution is 2.33. The van der Waals surface area contributed by atoms with E-state index in [0.29, 0.717) is 13.2 Å². The third-order valence-electron chi connectivity index (χ3n) is 4.10. The summed E-state index contributed by atoms with van der Waals surface area (Å²) in [6, 6.07) is 8.10. The van der Waals surface area contributed by atoms with Crippen molar-refractivity contribution in [3.63, 3.8) is 0 Å². The number of aliphatic hydroxyl groups is 1. The fourth-order valence-corrected chi connectivity index (χ4v) is 2.94. The van der Waals surface area contributed by atoms with Gasteiger partial charge >= 0.3 is 0 Å². The van der Waals surface area contributed by atoms with Crippen molar-refractivity contribution in [2.75, 3.05) is 33.4 Å². The third-order valence-corrected chi connectivity index (χ3v) is 4.10. The van der Waals surface area contributed by atoms with E-state index in [4.69, 9.17) is 15.2 Å². The minimum absolute atomic E-state index is 0.0127. The van der Waals surface area contributed by atoms with Crippen LogP contribution in [-0.2, 0) is 4.74 Å². The summed E-state index contributed by atoms with van der Waals surface area (Å²) in [4.78, 5) is 2.30. The first kappa shape index (κ1) is 16.2. The van der Waals surface area contributed by atoms with Gasteiger partial charge in [0, 0.05) is 24.7 Å². The molecule has 0 spiro atoms. The number of benzene rings is 1. The number of aliphatic hydroxyl groups excluding tert-OH is 1. The zero-order chi connectivity index (χ0) is 15.2. The number of ether oxygens (including phenoxy) is 2. The van der Waals surface area contributed by atoms with Crippen LogP contribution in [0.4, 0.5) is 0 Å². The molecule has 1 aliphatic rings. The van der Waals surface area contributed by atoms with Crippen molar-refractivity contribution >= 4 is 0 Å². The maximum atomic E-state index is 9.35. The normalized spacial score (nSPS) is 22.8. The predicted molar refractivity (Wildman–Crippen MR) is 82.4 cm³/mol. The number of morpholine rings is 1. The van der Waals surface area contributed by atoms with E-state index in [9.17, 15) is 5.11 Å². The zero-order valence-corrected chi connectivity index (χ0v) is 12.9. The maximum absolute atomic E-state index is 9.35. The van der Waals surface area contributed by atoms with E-state index in [1.807, 2.05) is 18.2 Å². The Balaban J connectivity index is 2.29. The van der Waals surface area contributed by atoms with Gasteiger partial charge in [0.1, 0.15) is 5.75 Å². The van der Waals surface area contributed by atoms with Crippen LogP contribution in [0.3, 0.4) is 0 Å². The van der Waals surface area contributed by atoms with Gasteiger partial charge in [-0.1, -0.05) is 25.1 Å². The minimum atomic E-state index is -0.139. The van der Waals surface area contributed by atoms with E-state index in [2.05, 4.69) is 17.9 Å². The first-order chi connectivity index (χ1) is 10.2. The lowest BCUT2D eigenvalue weighted by Gasteiger charge is -2.40. The molecule has 3 atom stereocenters. The Labute approximate surface area is 126 Å². The Kier molecular flexibility index (Phi) is 5.99. The second-order valence-corrected chi connectivity index (χ2v) is 5.43. The molecule has 0 saturated carbocycles. The zero-order valence-electron chi connectivity index (χ0n) is 12.9. The van der Waals surface area contributed by atoms with Gasteiger partial charge in [-0.25, -0.2) is 0 Å². The molecule has 1 aromatic rings. The second-order valence-electron chi connectivity index (χ2n) is 5.43. The van der Waals surface area contributed by atoms with Gasteiger partial charge in [-0.05, 0) is 12.5 Å². The van der Waals surface area contributed by atoms with Gasteiger partial charge in [-0.3, -0.25) is 4.90 Å². The van der Waals surface area contributed by atoms with Crippen molar-refractivity contribution in [3.8, 4) is 5.75 Å². The van der Waals surface area contributed by atoms with Crippen LogP contribution in [0.2, 0.25) is 0 Å². The highest BCUT2D eigenvalue weighted by molar-refractivity contribution is 5.37. The number of rotatable bonds is 6. The van der Waals surface area contributed by atoms with Crippen LogP contribution in [0.25, 0.3) is 0 Å². The Morgan fingerprint density at radius 2 is 2.24 bits per heavy atom. The molecular weight excluding hydrogens is 268 g/mol. The Morgan fingerprint density at radius 1 is 1.48 bits per heavy atom. The van der Waals surface area contributed by atoms with E-state index in [-0.39, 0.29) is 24.8 Å². The second kappa shape index (κ2) is 7.75. The largest absolute Gasteiger partial charge is 0.496 e. The van der Waals surface area contributed by atoms with Gasteiger partial charge in [0.05, 0.1) is 32.5 Å². The monoisotopic (exact) mass is 294 g/mol. The standard InChI is InChI=1S/C16H26N2O3/c1-3-14(17)16(13-6-4-5-7-15(13)20-2)18-8-9-21-12(10-18)11-19/h4-7,12,14,16,19H,3,8-11,17H2,1-2H3. The van der Waals surface area contributed by atoms with Crippen LogP contribution >= 0.6 is 0 Å². The lowest BCUT2D eigenvalue weighted by atomic mass is 9.94. The van der Waals surface area contributed by atoms with Crippen molar-refractivity contribution in [2.24, 2.45) is 5.73 Å². The summed E-state index contributed by atoms with van der Waals surface area (Å²) in [6.45, 7) is 4.25. The molecule has 118 valence electrons. The smallest absolute Gasteiger partial charge is 0.123 e. The first-order valence-corrected chi connectivity index (χ1v) is 7.56. The van der Waals surface area contributed by atoms with Crippen molar-refractivity contribution in [1.29, 1.82) is 0 Å². The SMILES string of the molecule is CCC(N)C(c1ccccc1OC)N1CCOC(CO)C1. The van der Waals surface area contributed by atoms with Crippen molar-refractivity contribution in [1.82, 2.24) is 4.90 Å². The van der Waals surface area contributed by atoms with Crippen LogP contribution in [0, 0.1) is 0 Å². The number of para-hydroxylation sites is 1. The van der Waals surface area contributed by atoms with E-state index < -0.39 is 0 Å². The Bertz CT molecular complexity index is 441.